The molecule has 0 unspecified atom stereocenters. The Morgan fingerprint density at radius 2 is 1.81 bits per heavy atom. The zero-order valence-corrected chi connectivity index (χ0v) is 17.6. The third-order valence-corrected chi connectivity index (χ3v) is 4.59. The highest BCUT2D eigenvalue weighted by Crippen LogP contribution is 2.31. The summed E-state index contributed by atoms with van der Waals surface area (Å²) in [6, 6.07) is 20.0. The lowest BCUT2D eigenvalue weighted by molar-refractivity contribution is 0.0547. The van der Waals surface area contributed by atoms with Crippen molar-refractivity contribution in [3.8, 4) is 17.1 Å². The van der Waals surface area contributed by atoms with E-state index in [1.54, 1.807) is 0 Å². The number of nitrogens with zero attached hydrogens (tertiary/aromatic N) is 2. The van der Waals surface area contributed by atoms with E-state index in [1.807, 2.05) is 75.4 Å². The molecule has 0 fully saturated rings. The molecule has 5 nitrogen and oxygen atoms in total. The molecule has 158 valence electrons. The SMILES string of the molecule is CC(C)(C)OC(=O)n1c(-c2ccc(F)cn2)cc2cc(OCc3ccccc3)ccc21. The smallest absolute Gasteiger partial charge is 0.419 e. The number of carbonyl (C=O) groups excluding carboxylic acids is 1. The second-order valence-electron chi connectivity index (χ2n) is 8.20. The van der Waals surface area contributed by atoms with E-state index in [1.165, 1.54) is 16.7 Å². The van der Waals surface area contributed by atoms with Crippen molar-refractivity contribution in [1.82, 2.24) is 9.55 Å². The highest BCUT2D eigenvalue weighted by molar-refractivity contribution is 5.96. The zero-order valence-electron chi connectivity index (χ0n) is 17.6. The number of ether oxygens (including phenoxy) is 2. The van der Waals surface area contributed by atoms with E-state index in [-0.39, 0.29) is 0 Å². The summed E-state index contributed by atoms with van der Waals surface area (Å²) in [5, 5.41) is 0.789. The summed E-state index contributed by atoms with van der Waals surface area (Å²) >= 11 is 0. The number of benzene rings is 2. The predicted octanol–water partition coefficient (Wildman–Crippen LogP) is 6.20. The van der Waals surface area contributed by atoms with Crippen molar-refractivity contribution in [2.75, 3.05) is 0 Å². The summed E-state index contributed by atoms with van der Waals surface area (Å²) in [6.07, 6.45) is 0.600. The average Bonchev–Trinajstić information content (AvgIpc) is 3.11. The molecule has 31 heavy (non-hydrogen) atoms. The van der Waals surface area contributed by atoms with Gasteiger partial charge < -0.3 is 9.47 Å². The minimum absolute atomic E-state index is 0.436. The fraction of sp³-hybridized carbons (Fsp3) is 0.200. The van der Waals surface area contributed by atoms with Gasteiger partial charge in [-0.15, -0.1) is 0 Å². The Bertz CT molecular complexity index is 1210. The van der Waals surface area contributed by atoms with Gasteiger partial charge in [-0.25, -0.2) is 13.8 Å². The van der Waals surface area contributed by atoms with Gasteiger partial charge in [-0.05, 0) is 62.7 Å². The first kappa shape index (κ1) is 20.6. The quantitative estimate of drug-likeness (QED) is 0.396. The molecule has 0 radical (unpaired) electrons. The molecular formula is C25H23FN2O3. The Morgan fingerprint density at radius 3 is 2.48 bits per heavy atom. The molecule has 0 bridgehead atoms. The Kier molecular flexibility index (Phi) is 5.46. The van der Waals surface area contributed by atoms with Crippen molar-refractivity contribution in [1.29, 1.82) is 0 Å². The molecule has 0 spiro atoms. The topological polar surface area (TPSA) is 53.4 Å². The molecule has 0 saturated heterocycles. The van der Waals surface area contributed by atoms with E-state index >= 15 is 0 Å². The van der Waals surface area contributed by atoms with Crippen LogP contribution >= 0.6 is 0 Å². The molecule has 0 atom stereocenters. The fourth-order valence-electron chi connectivity index (χ4n) is 3.24. The molecule has 0 amide bonds. The Labute approximate surface area is 180 Å². The molecule has 4 rings (SSSR count). The van der Waals surface area contributed by atoms with E-state index in [4.69, 9.17) is 9.47 Å². The van der Waals surface area contributed by atoms with Gasteiger partial charge in [0.25, 0.3) is 0 Å². The van der Waals surface area contributed by atoms with Gasteiger partial charge >= 0.3 is 6.09 Å². The summed E-state index contributed by atoms with van der Waals surface area (Å²) < 4.78 is 26.4. The summed E-state index contributed by atoms with van der Waals surface area (Å²) in [6.45, 7) is 5.86. The van der Waals surface area contributed by atoms with Gasteiger partial charge in [0.15, 0.2) is 0 Å². The van der Waals surface area contributed by atoms with Gasteiger partial charge in [0.1, 0.15) is 23.8 Å². The first-order chi connectivity index (χ1) is 14.8. The van der Waals surface area contributed by atoms with Crippen molar-refractivity contribution in [3.05, 3.63) is 84.3 Å². The molecular weight excluding hydrogens is 395 g/mol. The van der Waals surface area contributed by atoms with Gasteiger partial charge in [0.2, 0.25) is 0 Å². The van der Waals surface area contributed by atoms with Crippen LogP contribution in [0.15, 0.2) is 72.9 Å². The van der Waals surface area contributed by atoms with E-state index in [0.717, 1.165) is 17.1 Å². The molecule has 0 aliphatic rings. The van der Waals surface area contributed by atoms with Crippen LogP contribution in [0, 0.1) is 5.82 Å². The van der Waals surface area contributed by atoms with E-state index in [2.05, 4.69) is 4.98 Å². The monoisotopic (exact) mass is 418 g/mol. The summed E-state index contributed by atoms with van der Waals surface area (Å²) in [7, 11) is 0. The van der Waals surface area contributed by atoms with Gasteiger partial charge in [0.05, 0.1) is 23.1 Å². The Balaban J connectivity index is 1.74. The predicted molar refractivity (Wildman–Crippen MR) is 118 cm³/mol. The molecule has 0 aliphatic heterocycles. The van der Waals surface area contributed by atoms with E-state index in [0.29, 0.717) is 29.3 Å². The van der Waals surface area contributed by atoms with Gasteiger partial charge in [0, 0.05) is 5.39 Å². The van der Waals surface area contributed by atoms with Crippen molar-refractivity contribution < 1.29 is 18.7 Å². The van der Waals surface area contributed by atoms with Gasteiger partial charge in [-0.3, -0.25) is 4.98 Å². The summed E-state index contributed by atoms with van der Waals surface area (Å²) in [4.78, 5) is 17.1. The number of fused-ring (bicyclic) bond motifs is 1. The number of halogens is 1. The third kappa shape index (κ3) is 4.74. The minimum atomic E-state index is -0.667. The molecule has 2 aromatic heterocycles. The van der Waals surface area contributed by atoms with Crippen molar-refractivity contribution in [3.63, 3.8) is 0 Å². The molecule has 2 heterocycles. The maximum absolute atomic E-state index is 13.4. The largest absolute Gasteiger partial charge is 0.489 e. The maximum atomic E-state index is 13.4. The van der Waals surface area contributed by atoms with Crippen LogP contribution in [0.5, 0.6) is 5.75 Å². The van der Waals surface area contributed by atoms with Crippen LogP contribution < -0.4 is 4.74 Å². The van der Waals surface area contributed by atoms with Crippen LogP contribution in [0.1, 0.15) is 26.3 Å². The van der Waals surface area contributed by atoms with Crippen LogP contribution in [0.2, 0.25) is 0 Å². The second-order valence-corrected chi connectivity index (χ2v) is 8.20. The van der Waals surface area contributed by atoms with Crippen molar-refractivity contribution in [2.24, 2.45) is 0 Å². The maximum Gasteiger partial charge on any atom is 0.419 e. The molecule has 4 aromatic rings. The van der Waals surface area contributed by atoms with Crippen molar-refractivity contribution >= 4 is 17.0 Å². The number of hydrogen-bond acceptors (Lipinski definition) is 4. The lowest BCUT2D eigenvalue weighted by atomic mass is 10.2. The minimum Gasteiger partial charge on any atom is -0.489 e. The summed E-state index contributed by atoms with van der Waals surface area (Å²) in [5.74, 6) is 0.233. The molecule has 0 saturated carbocycles. The first-order valence-corrected chi connectivity index (χ1v) is 9.98. The van der Waals surface area contributed by atoms with E-state index < -0.39 is 17.5 Å². The molecule has 2 aromatic carbocycles. The Hall–Kier alpha value is -3.67. The van der Waals surface area contributed by atoms with E-state index in [9.17, 15) is 9.18 Å². The number of rotatable bonds is 4. The van der Waals surface area contributed by atoms with Crippen LogP contribution in [0.3, 0.4) is 0 Å². The normalized spacial score (nSPS) is 11.5. The summed E-state index contributed by atoms with van der Waals surface area (Å²) in [5.41, 5.74) is 2.03. The lowest BCUT2D eigenvalue weighted by Crippen LogP contribution is -2.27. The average molecular weight is 418 g/mol. The number of hydrogen-bond donors (Lipinski definition) is 0. The van der Waals surface area contributed by atoms with Crippen LogP contribution in [-0.4, -0.2) is 21.2 Å². The van der Waals surface area contributed by atoms with Gasteiger partial charge in [-0.2, -0.15) is 0 Å². The number of pyridine rings is 1. The first-order valence-electron chi connectivity index (χ1n) is 9.98. The van der Waals surface area contributed by atoms with Gasteiger partial charge in [-0.1, -0.05) is 30.3 Å². The molecule has 6 heteroatoms. The zero-order chi connectivity index (χ0) is 22.0. The van der Waals surface area contributed by atoms with Crippen LogP contribution in [-0.2, 0) is 11.3 Å². The lowest BCUT2D eigenvalue weighted by Gasteiger charge is -2.21. The Morgan fingerprint density at radius 1 is 1.03 bits per heavy atom. The van der Waals surface area contributed by atoms with Crippen LogP contribution in [0.25, 0.3) is 22.3 Å². The van der Waals surface area contributed by atoms with Crippen LogP contribution in [0.4, 0.5) is 9.18 Å². The van der Waals surface area contributed by atoms with Crippen molar-refractivity contribution in [2.45, 2.75) is 33.0 Å². The highest BCUT2D eigenvalue weighted by Gasteiger charge is 2.23. The second kappa shape index (κ2) is 8.22. The number of aromatic nitrogens is 2. The fourth-order valence-corrected chi connectivity index (χ4v) is 3.24. The standard InChI is InChI=1S/C25H23FN2O3/c1-25(2,3)31-24(29)28-22-12-10-20(30-16-17-7-5-4-6-8-17)13-18(22)14-23(28)21-11-9-19(26)15-27-21/h4-15H,16H2,1-3H3. The number of carbonyl (C=O) groups is 1. The highest BCUT2D eigenvalue weighted by atomic mass is 19.1. The third-order valence-electron chi connectivity index (χ3n) is 4.59. The molecule has 0 aliphatic carbocycles. The molecule has 0 N–H and O–H groups in total.